The number of amides is 1. The van der Waals surface area contributed by atoms with Gasteiger partial charge in [-0.2, -0.15) is 0 Å². The Bertz CT molecular complexity index is 616. The molecule has 0 aliphatic heterocycles. The third-order valence-electron chi connectivity index (χ3n) is 3.19. The van der Waals surface area contributed by atoms with Crippen LogP contribution in [0.3, 0.4) is 0 Å². The second kappa shape index (κ2) is 6.68. The summed E-state index contributed by atoms with van der Waals surface area (Å²) in [5.41, 5.74) is 1.12. The van der Waals surface area contributed by atoms with Crippen LogP contribution in [0.15, 0.2) is 30.5 Å². The molecule has 4 nitrogen and oxygen atoms in total. The molecule has 106 valence electrons. The maximum absolute atomic E-state index is 12.2. The van der Waals surface area contributed by atoms with Crippen molar-refractivity contribution in [2.24, 2.45) is 5.92 Å². The molecule has 1 aromatic carbocycles. The third-order valence-corrected chi connectivity index (χ3v) is 3.52. The summed E-state index contributed by atoms with van der Waals surface area (Å²) in [6.45, 7) is 2.63. The van der Waals surface area contributed by atoms with Crippen molar-refractivity contribution < 1.29 is 9.90 Å². The van der Waals surface area contributed by atoms with Crippen LogP contribution < -0.4 is 5.32 Å². The molecule has 5 heteroatoms. The van der Waals surface area contributed by atoms with Crippen LogP contribution in [0.1, 0.15) is 23.7 Å². The van der Waals surface area contributed by atoms with Crippen molar-refractivity contribution in [1.29, 1.82) is 0 Å². The Morgan fingerprint density at radius 2 is 2.25 bits per heavy atom. The smallest absolute Gasteiger partial charge is 0.253 e. The van der Waals surface area contributed by atoms with Gasteiger partial charge in [-0.1, -0.05) is 18.5 Å². The Morgan fingerprint density at radius 1 is 1.45 bits per heavy atom. The van der Waals surface area contributed by atoms with Gasteiger partial charge in [0.15, 0.2) is 0 Å². The van der Waals surface area contributed by atoms with Gasteiger partial charge in [0.2, 0.25) is 0 Å². The molecule has 2 aromatic rings. The van der Waals surface area contributed by atoms with Gasteiger partial charge in [0.05, 0.1) is 16.1 Å². The number of carbonyl (C=O) groups is 1. The highest BCUT2D eigenvalue weighted by molar-refractivity contribution is 6.36. The molecular weight excluding hydrogens is 276 g/mol. The van der Waals surface area contributed by atoms with Gasteiger partial charge in [0, 0.05) is 24.7 Å². The molecule has 0 radical (unpaired) electrons. The molecule has 0 bridgehead atoms. The molecule has 20 heavy (non-hydrogen) atoms. The van der Waals surface area contributed by atoms with Crippen molar-refractivity contribution in [3.63, 3.8) is 0 Å². The van der Waals surface area contributed by atoms with Crippen LogP contribution in [-0.2, 0) is 0 Å². The van der Waals surface area contributed by atoms with Crippen molar-refractivity contribution in [1.82, 2.24) is 10.3 Å². The van der Waals surface area contributed by atoms with Crippen LogP contribution in [0.2, 0.25) is 5.02 Å². The summed E-state index contributed by atoms with van der Waals surface area (Å²) in [5, 5.41) is 13.1. The van der Waals surface area contributed by atoms with Gasteiger partial charge >= 0.3 is 0 Å². The van der Waals surface area contributed by atoms with E-state index < -0.39 is 0 Å². The Labute approximate surface area is 122 Å². The number of aliphatic hydroxyl groups excluding tert-OH is 1. The summed E-state index contributed by atoms with van der Waals surface area (Å²) in [6, 6.07) is 7.02. The van der Waals surface area contributed by atoms with Crippen LogP contribution in [0.25, 0.3) is 10.9 Å². The van der Waals surface area contributed by atoms with Crippen molar-refractivity contribution in [2.45, 2.75) is 13.3 Å². The molecule has 0 spiro atoms. The first kappa shape index (κ1) is 14.8. The summed E-state index contributed by atoms with van der Waals surface area (Å²) >= 11 is 6.10. The monoisotopic (exact) mass is 292 g/mol. The second-order valence-electron chi connectivity index (χ2n) is 4.82. The molecular formula is C15H17ClN2O2. The average molecular weight is 293 g/mol. The molecule has 0 aliphatic carbocycles. The number of rotatable bonds is 5. The maximum atomic E-state index is 12.2. The SMILES string of the molecule is CC(CCO)CNC(=O)c1ccc(Cl)c2cccnc12. The van der Waals surface area contributed by atoms with Crippen molar-refractivity contribution in [2.75, 3.05) is 13.2 Å². The lowest BCUT2D eigenvalue weighted by Gasteiger charge is -2.12. The molecule has 1 atom stereocenters. The number of pyridine rings is 1. The Kier molecular flexibility index (Phi) is 4.93. The highest BCUT2D eigenvalue weighted by Gasteiger charge is 2.13. The first-order valence-electron chi connectivity index (χ1n) is 6.55. The van der Waals surface area contributed by atoms with Gasteiger partial charge in [-0.3, -0.25) is 9.78 Å². The van der Waals surface area contributed by atoms with E-state index in [4.69, 9.17) is 16.7 Å². The highest BCUT2D eigenvalue weighted by Crippen LogP contribution is 2.24. The Hall–Kier alpha value is -1.65. The van der Waals surface area contributed by atoms with E-state index in [1.54, 1.807) is 24.4 Å². The molecule has 1 heterocycles. The van der Waals surface area contributed by atoms with Crippen LogP contribution in [0, 0.1) is 5.92 Å². The molecule has 1 unspecified atom stereocenters. The molecule has 0 saturated carbocycles. The van der Waals surface area contributed by atoms with Gasteiger partial charge in [-0.05, 0) is 36.6 Å². The average Bonchev–Trinajstić information content (AvgIpc) is 2.46. The number of nitrogens with zero attached hydrogens (tertiary/aromatic N) is 1. The largest absolute Gasteiger partial charge is 0.396 e. The fourth-order valence-corrected chi connectivity index (χ4v) is 2.22. The number of carbonyl (C=O) groups excluding carboxylic acids is 1. The highest BCUT2D eigenvalue weighted by atomic mass is 35.5. The van der Waals surface area contributed by atoms with Crippen molar-refractivity contribution in [3.8, 4) is 0 Å². The Morgan fingerprint density at radius 3 is 3.00 bits per heavy atom. The minimum absolute atomic E-state index is 0.127. The zero-order valence-electron chi connectivity index (χ0n) is 11.3. The lowest BCUT2D eigenvalue weighted by molar-refractivity contribution is 0.0947. The fraction of sp³-hybridized carbons (Fsp3) is 0.333. The van der Waals surface area contributed by atoms with Crippen molar-refractivity contribution >= 4 is 28.4 Å². The first-order chi connectivity index (χ1) is 9.63. The van der Waals surface area contributed by atoms with Crippen LogP contribution in [-0.4, -0.2) is 29.1 Å². The van der Waals surface area contributed by atoms with Crippen LogP contribution >= 0.6 is 11.6 Å². The summed E-state index contributed by atoms with van der Waals surface area (Å²) in [6.07, 6.45) is 2.31. The van der Waals surface area contributed by atoms with Crippen LogP contribution in [0.5, 0.6) is 0 Å². The molecule has 0 aliphatic rings. The topological polar surface area (TPSA) is 62.2 Å². The molecule has 2 N–H and O–H groups in total. The van der Waals surface area contributed by atoms with E-state index in [1.807, 2.05) is 13.0 Å². The number of hydrogen-bond acceptors (Lipinski definition) is 3. The standard InChI is InChI=1S/C15H17ClN2O2/c1-10(6-8-19)9-18-15(20)12-4-5-13(16)11-3-2-7-17-14(11)12/h2-5,7,10,19H,6,8-9H2,1H3,(H,18,20). The number of hydrogen-bond donors (Lipinski definition) is 2. The number of nitrogens with one attached hydrogen (secondary N) is 1. The van der Waals surface area contributed by atoms with E-state index >= 15 is 0 Å². The summed E-state index contributed by atoms with van der Waals surface area (Å²) in [4.78, 5) is 16.5. The molecule has 1 amide bonds. The number of fused-ring (bicyclic) bond motifs is 1. The minimum atomic E-state index is -0.171. The maximum Gasteiger partial charge on any atom is 0.253 e. The normalized spacial score (nSPS) is 12.3. The lowest BCUT2D eigenvalue weighted by Crippen LogP contribution is -2.28. The van der Waals surface area contributed by atoms with Crippen LogP contribution in [0.4, 0.5) is 0 Å². The summed E-state index contributed by atoms with van der Waals surface area (Å²) in [5.74, 6) is 0.0608. The van der Waals surface area contributed by atoms with Gasteiger partial charge in [0.1, 0.15) is 0 Å². The van der Waals surface area contributed by atoms with E-state index in [9.17, 15) is 4.79 Å². The summed E-state index contributed by atoms with van der Waals surface area (Å²) < 4.78 is 0. The number of aliphatic hydroxyl groups is 1. The summed E-state index contributed by atoms with van der Waals surface area (Å²) in [7, 11) is 0. The third kappa shape index (κ3) is 3.26. The van der Waals surface area contributed by atoms with Gasteiger partial charge in [0.25, 0.3) is 5.91 Å². The van der Waals surface area contributed by atoms with Crippen molar-refractivity contribution in [3.05, 3.63) is 41.0 Å². The zero-order valence-corrected chi connectivity index (χ0v) is 12.0. The van der Waals surface area contributed by atoms with E-state index in [-0.39, 0.29) is 18.4 Å². The van der Waals surface area contributed by atoms with Gasteiger partial charge in [-0.25, -0.2) is 0 Å². The first-order valence-corrected chi connectivity index (χ1v) is 6.93. The predicted octanol–water partition coefficient (Wildman–Crippen LogP) is 2.64. The molecule has 2 rings (SSSR count). The molecule has 0 saturated heterocycles. The van der Waals surface area contributed by atoms with Gasteiger partial charge in [-0.15, -0.1) is 0 Å². The lowest BCUT2D eigenvalue weighted by atomic mass is 10.1. The molecule has 0 fully saturated rings. The quantitative estimate of drug-likeness (QED) is 0.890. The zero-order chi connectivity index (χ0) is 14.5. The Balaban J connectivity index is 2.20. The van der Waals surface area contributed by atoms with E-state index in [0.717, 1.165) is 5.39 Å². The second-order valence-corrected chi connectivity index (χ2v) is 5.23. The minimum Gasteiger partial charge on any atom is -0.396 e. The number of halogens is 1. The van der Waals surface area contributed by atoms with Gasteiger partial charge < -0.3 is 10.4 Å². The predicted molar refractivity (Wildman–Crippen MR) is 80.0 cm³/mol. The fourth-order valence-electron chi connectivity index (χ4n) is 2.01. The molecule has 1 aromatic heterocycles. The number of aromatic nitrogens is 1. The van der Waals surface area contributed by atoms with E-state index in [2.05, 4.69) is 10.3 Å². The number of benzene rings is 1. The van der Waals surface area contributed by atoms with E-state index in [1.165, 1.54) is 0 Å². The van der Waals surface area contributed by atoms with E-state index in [0.29, 0.717) is 29.1 Å².